The van der Waals surface area contributed by atoms with Gasteiger partial charge in [-0.15, -0.1) is 0 Å². The van der Waals surface area contributed by atoms with E-state index >= 15 is 0 Å². The minimum atomic E-state index is -8.88. The Kier molecular flexibility index (Phi) is 13.3. The van der Waals surface area contributed by atoms with Crippen molar-refractivity contribution < 1.29 is 97.8 Å². The number of hydrogen-bond acceptors (Lipinski definition) is 6. The molecule has 7 N–H and O–H groups in total. The standard InChI is InChI=1S/C13H10F17N3O3S.C6H14N2O2/c14-6(15,8(18,19)10(22,23)12(26,27)28)7(16,17)9(20,21)11(24,25)13(29,30)37(35,36)33-3-1-32(2-4-33)5(31)34;7-4-2-1-3-5(8)6(9)10/h1-4H2,(H2,31,34);5H,1-4,7-8H2,(H,9,10)/t;5-/m.0/s1. The average Bonchev–Trinajstić information content (AvgIpc) is 2.91. The van der Waals surface area contributed by atoms with Crippen LogP contribution >= 0.6 is 0 Å². The van der Waals surface area contributed by atoms with Gasteiger partial charge in [-0.1, -0.05) is 6.42 Å². The van der Waals surface area contributed by atoms with Crippen molar-refractivity contribution in [2.45, 2.75) is 72.3 Å². The zero-order chi connectivity index (χ0) is 38.0. The second-order valence-corrected chi connectivity index (χ2v) is 11.4. The number of unbranched alkanes of at least 4 members (excludes halogenated alkanes) is 1. The van der Waals surface area contributed by atoms with Gasteiger partial charge in [0.25, 0.3) is 10.0 Å². The van der Waals surface area contributed by atoms with E-state index in [9.17, 15) is 92.6 Å². The van der Waals surface area contributed by atoms with Gasteiger partial charge in [0, 0.05) is 26.2 Å². The van der Waals surface area contributed by atoms with Crippen LogP contribution in [0.3, 0.4) is 0 Å². The largest absolute Gasteiger partial charge is 0.480 e. The van der Waals surface area contributed by atoms with Crippen molar-refractivity contribution in [3.8, 4) is 0 Å². The summed E-state index contributed by atoms with van der Waals surface area (Å²) in [6, 6.07) is -2.06. The number of amides is 2. The molecule has 280 valence electrons. The lowest BCUT2D eigenvalue weighted by Gasteiger charge is -2.43. The van der Waals surface area contributed by atoms with Gasteiger partial charge in [0.15, 0.2) is 0 Å². The molecule has 10 nitrogen and oxygen atoms in total. The first-order chi connectivity index (χ1) is 20.6. The number of carbonyl (C=O) groups is 2. The molecular weight excluding hydrogens is 733 g/mol. The third-order valence-corrected chi connectivity index (χ3v) is 8.14. The number of carboxylic acids is 1. The van der Waals surface area contributed by atoms with Crippen LogP contribution in [0.15, 0.2) is 0 Å². The molecule has 0 spiro atoms. The number of nitrogens with zero attached hydrogens (tertiary/aromatic N) is 2. The fourth-order valence-corrected chi connectivity index (χ4v) is 4.67. The van der Waals surface area contributed by atoms with E-state index in [1.54, 1.807) is 0 Å². The summed E-state index contributed by atoms with van der Waals surface area (Å²) in [5.74, 6) is -52.8. The molecule has 1 rings (SSSR count). The molecule has 1 fully saturated rings. The van der Waals surface area contributed by atoms with Gasteiger partial charge in [-0.25, -0.2) is 13.2 Å². The molecule has 2 amide bonds. The van der Waals surface area contributed by atoms with Crippen LogP contribution in [0.1, 0.15) is 19.3 Å². The maximum Gasteiger partial charge on any atom is 0.460 e. The molecule has 0 aliphatic carbocycles. The quantitative estimate of drug-likeness (QED) is 0.165. The normalized spacial score (nSPS) is 17.6. The monoisotopic (exact) mass is 757 g/mol. The van der Waals surface area contributed by atoms with Crippen molar-refractivity contribution in [1.29, 1.82) is 0 Å². The predicted octanol–water partition coefficient (Wildman–Crippen LogP) is 3.51. The molecule has 1 saturated heterocycles. The van der Waals surface area contributed by atoms with Crippen LogP contribution in [0.5, 0.6) is 0 Å². The summed E-state index contributed by atoms with van der Waals surface area (Å²) in [4.78, 5) is 21.5. The number of sulfonamides is 1. The Morgan fingerprint density at radius 3 is 1.34 bits per heavy atom. The van der Waals surface area contributed by atoms with Gasteiger partial charge in [-0.3, -0.25) is 4.79 Å². The first kappa shape index (κ1) is 44.4. The molecular formula is C19H24F17N5O5S. The van der Waals surface area contributed by atoms with Crippen molar-refractivity contribution in [3.05, 3.63) is 0 Å². The van der Waals surface area contributed by atoms with Gasteiger partial charge >= 0.3 is 59.0 Å². The molecule has 1 aliphatic rings. The number of alkyl halides is 17. The number of aliphatic carboxylic acids is 1. The topological polar surface area (TPSA) is 173 Å². The minimum Gasteiger partial charge on any atom is -0.480 e. The fraction of sp³-hybridized carbons (Fsp3) is 0.895. The van der Waals surface area contributed by atoms with Crippen molar-refractivity contribution in [1.82, 2.24) is 9.21 Å². The summed E-state index contributed by atoms with van der Waals surface area (Å²) < 4.78 is 248. The van der Waals surface area contributed by atoms with E-state index in [2.05, 4.69) is 0 Å². The summed E-state index contributed by atoms with van der Waals surface area (Å²) in [6.45, 7) is -4.33. The Morgan fingerprint density at radius 2 is 1.02 bits per heavy atom. The van der Waals surface area contributed by atoms with Crippen molar-refractivity contribution in [3.63, 3.8) is 0 Å². The van der Waals surface area contributed by atoms with Crippen LogP contribution in [-0.4, -0.2) is 120 Å². The Labute approximate surface area is 252 Å². The van der Waals surface area contributed by atoms with E-state index in [1.807, 2.05) is 0 Å². The number of nitrogens with two attached hydrogens (primary N) is 3. The number of carbonyl (C=O) groups excluding carboxylic acids is 1. The zero-order valence-corrected chi connectivity index (χ0v) is 23.6. The van der Waals surface area contributed by atoms with Crippen molar-refractivity contribution >= 4 is 22.0 Å². The number of urea groups is 1. The van der Waals surface area contributed by atoms with Gasteiger partial charge in [0.05, 0.1) is 0 Å². The predicted molar refractivity (Wildman–Crippen MR) is 121 cm³/mol. The van der Waals surface area contributed by atoms with E-state index in [-0.39, 0.29) is 0 Å². The van der Waals surface area contributed by atoms with Crippen LogP contribution in [0, 0.1) is 0 Å². The van der Waals surface area contributed by atoms with Crippen LogP contribution in [0.25, 0.3) is 0 Å². The van der Waals surface area contributed by atoms with E-state index in [4.69, 9.17) is 22.3 Å². The number of primary amides is 1. The summed E-state index contributed by atoms with van der Waals surface area (Å²) >= 11 is 0. The fourth-order valence-electron chi connectivity index (χ4n) is 3.25. The molecule has 47 heavy (non-hydrogen) atoms. The first-order valence-electron chi connectivity index (χ1n) is 12.0. The number of hydrogen-bond donors (Lipinski definition) is 4. The average molecular weight is 757 g/mol. The lowest BCUT2D eigenvalue weighted by molar-refractivity contribution is -0.458. The number of rotatable bonds is 13. The maximum atomic E-state index is 14.1. The second-order valence-electron chi connectivity index (χ2n) is 9.42. The van der Waals surface area contributed by atoms with E-state index in [0.717, 1.165) is 12.8 Å². The van der Waals surface area contributed by atoms with Crippen LogP contribution < -0.4 is 17.2 Å². The molecule has 0 unspecified atom stereocenters. The molecule has 0 aromatic carbocycles. The van der Waals surface area contributed by atoms with Crippen LogP contribution in [-0.2, 0) is 14.8 Å². The molecule has 0 radical (unpaired) electrons. The van der Waals surface area contributed by atoms with E-state index in [1.165, 1.54) is 0 Å². The third-order valence-electron chi connectivity index (χ3n) is 6.19. The number of carboxylic acid groups (broad SMARTS) is 1. The molecule has 28 heteroatoms. The molecule has 0 aromatic rings. The lowest BCUT2D eigenvalue weighted by atomic mass is 9.91. The second kappa shape index (κ2) is 14.1. The zero-order valence-electron chi connectivity index (χ0n) is 22.8. The van der Waals surface area contributed by atoms with Crippen molar-refractivity contribution in [2.75, 3.05) is 32.7 Å². The summed E-state index contributed by atoms with van der Waals surface area (Å²) in [5.41, 5.74) is 15.1. The highest BCUT2D eigenvalue weighted by Crippen LogP contribution is 2.64. The third kappa shape index (κ3) is 7.67. The smallest absolute Gasteiger partial charge is 0.460 e. The molecule has 1 atom stereocenters. The Bertz CT molecular complexity index is 1210. The van der Waals surface area contributed by atoms with Crippen molar-refractivity contribution in [2.24, 2.45) is 17.2 Å². The molecule has 1 heterocycles. The summed E-state index contributed by atoms with van der Waals surface area (Å²) in [6.07, 6.45) is -5.73. The van der Waals surface area contributed by atoms with Gasteiger partial charge in [-0.05, 0) is 19.4 Å². The highest BCUT2D eigenvalue weighted by molar-refractivity contribution is 7.90. The van der Waals surface area contributed by atoms with Crippen LogP contribution in [0.4, 0.5) is 79.4 Å². The molecule has 0 bridgehead atoms. The van der Waals surface area contributed by atoms with Gasteiger partial charge in [0.1, 0.15) is 6.04 Å². The first-order valence-corrected chi connectivity index (χ1v) is 13.5. The highest BCUT2D eigenvalue weighted by Gasteiger charge is 2.96. The number of halogens is 17. The van der Waals surface area contributed by atoms with E-state index in [0.29, 0.717) is 17.9 Å². The molecule has 0 saturated carbocycles. The Morgan fingerprint density at radius 1 is 0.660 bits per heavy atom. The number of piperazine rings is 1. The summed E-state index contributed by atoms with van der Waals surface area (Å²) in [5, 5.41) is 0.714. The lowest BCUT2D eigenvalue weighted by Crippen LogP contribution is -2.75. The van der Waals surface area contributed by atoms with Gasteiger partial charge < -0.3 is 27.2 Å². The Balaban J connectivity index is 0.00000181. The molecule has 1 aliphatic heterocycles. The van der Waals surface area contributed by atoms with Gasteiger partial charge in [0.2, 0.25) is 0 Å². The van der Waals surface area contributed by atoms with Gasteiger partial charge in [-0.2, -0.15) is 78.9 Å². The SMILES string of the molecule is NC(=O)N1CCN(S(=O)(=O)C(F)(F)C(F)(F)C(F)(F)C(F)(F)C(F)(F)C(F)(F)C(F)(F)C(F)(F)F)CC1.NCCCC[C@H](N)C(=O)O. The minimum absolute atomic E-state index is 0.467. The van der Waals surface area contributed by atoms with E-state index < -0.39 is 106 Å². The maximum absolute atomic E-state index is 14.1. The molecule has 0 aromatic heterocycles. The highest BCUT2D eigenvalue weighted by atomic mass is 32.2. The Hall–Kier alpha value is -2.62. The summed E-state index contributed by atoms with van der Waals surface area (Å²) in [7, 11) is -7.35. The van der Waals surface area contributed by atoms with Crippen LogP contribution in [0.2, 0.25) is 0 Å².